The normalized spacial score (nSPS) is 13.9. The van der Waals surface area contributed by atoms with Crippen LogP contribution in [0.15, 0.2) is 65.7 Å². The number of anilines is 1. The maximum atomic E-state index is 13.8. The molecule has 5 rings (SSSR count). The number of nitrogens with one attached hydrogen (secondary N) is 2. The Kier molecular flexibility index (Phi) is 5.99. The van der Waals surface area contributed by atoms with E-state index in [1.54, 1.807) is 24.3 Å². The van der Waals surface area contributed by atoms with E-state index in [9.17, 15) is 22.0 Å². The first-order valence-electron chi connectivity index (χ1n) is 10.6. The Morgan fingerprint density at radius 1 is 1.11 bits per heavy atom. The molecule has 0 radical (unpaired) electrons. The number of hydrogen-bond donors (Lipinski definition) is 2. The van der Waals surface area contributed by atoms with Crippen LogP contribution < -0.4 is 10.0 Å². The largest absolute Gasteiger partial charge is 0.322 e. The van der Waals surface area contributed by atoms with Gasteiger partial charge in [0, 0.05) is 22.3 Å². The Hall–Kier alpha value is -3.41. The first-order valence-corrected chi connectivity index (χ1v) is 12.4. The van der Waals surface area contributed by atoms with E-state index in [-0.39, 0.29) is 33.5 Å². The summed E-state index contributed by atoms with van der Waals surface area (Å²) < 4.78 is 56.1. The highest BCUT2D eigenvalue weighted by Gasteiger charge is 2.28. The summed E-state index contributed by atoms with van der Waals surface area (Å²) in [4.78, 5) is 17.4. The van der Waals surface area contributed by atoms with Crippen molar-refractivity contribution in [2.75, 3.05) is 5.32 Å². The first kappa shape index (κ1) is 23.3. The van der Waals surface area contributed by atoms with Gasteiger partial charge in [0.25, 0.3) is 12.3 Å². The summed E-state index contributed by atoms with van der Waals surface area (Å²) in [7, 11) is -3.72. The van der Waals surface area contributed by atoms with Crippen molar-refractivity contribution < 1.29 is 22.0 Å². The van der Waals surface area contributed by atoms with Crippen LogP contribution in [0.25, 0.3) is 16.9 Å². The molecule has 2 aromatic heterocycles. The number of rotatable bonds is 7. The van der Waals surface area contributed by atoms with E-state index < -0.39 is 28.0 Å². The highest BCUT2D eigenvalue weighted by molar-refractivity contribution is 7.89. The van der Waals surface area contributed by atoms with E-state index in [0.717, 1.165) is 23.6 Å². The SMILES string of the molecule is O=C(Nc1cccc(S(=O)(=O)NC2CC2)c1)c1cnn2c(C(F)F)cc(-c3ccc(Cl)cc3)nc12. The lowest BCUT2D eigenvalue weighted by Crippen LogP contribution is -2.25. The van der Waals surface area contributed by atoms with Crippen molar-refractivity contribution in [2.24, 2.45) is 0 Å². The van der Waals surface area contributed by atoms with Crippen LogP contribution >= 0.6 is 11.6 Å². The summed E-state index contributed by atoms with van der Waals surface area (Å²) in [6, 6.07) is 13.4. The number of sulfonamides is 1. The predicted molar refractivity (Wildman–Crippen MR) is 126 cm³/mol. The van der Waals surface area contributed by atoms with E-state index in [1.165, 1.54) is 30.3 Å². The summed E-state index contributed by atoms with van der Waals surface area (Å²) in [6.45, 7) is 0. The number of carbonyl (C=O) groups is 1. The molecule has 2 N–H and O–H groups in total. The molecule has 1 amide bonds. The van der Waals surface area contributed by atoms with Crippen LogP contribution in [0.2, 0.25) is 5.02 Å². The molecule has 0 spiro atoms. The van der Waals surface area contributed by atoms with E-state index in [2.05, 4.69) is 20.1 Å². The lowest BCUT2D eigenvalue weighted by atomic mass is 10.1. The van der Waals surface area contributed by atoms with Crippen LogP contribution in [0.5, 0.6) is 0 Å². The first-order chi connectivity index (χ1) is 16.7. The van der Waals surface area contributed by atoms with Crippen LogP contribution in [0.1, 0.15) is 35.3 Å². The Bertz CT molecular complexity index is 1540. The highest BCUT2D eigenvalue weighted by Crippen LogP contribution is 2.28. The van der Waals surface area contributed by atoms with Crippen molar-refractivity contribution in [3.8, 4) is 11.3 Å². The zero-order valence-corrected chi connectivity index (χ0v) is 19.5. The van der Waals surface area contributed by atoms with Gasteiger partial charge in [0.05, 0.1) is 16.8 Å². The van der Waals surface area contributed by atoms with Crippen molar-refractivity contribution >= 4 is 38.9 Å². The second kappa shape index (κ2) is 8.99. The van der Waals surface area contributed by atoms with Gasteiger partial charge in [-0.2, -0.15) is 5.10 Å². The number of aromatic nitrogens is 3. The second-order valence-corrected chi connectivity index (χ2v) is 10.2. The van der Waals surface area contributed by atoms with Gasteiger partial charge in [-0.3, -0.25) is 4.79 Å². The molecule has 1 aliphatic rings. The molecule has 0 bridgehead atoms. The Morgan fingerprint density at radius 2 is 1.86 bits per heavy atom. The quantitative estimate of drug-likeness (QED) is 0.370. The van der Waals surface area contributed by atoms with Gasteiger partial charge < -0.3 is 5.32 Å². The topological polar surface area (TPSA) is 105 Å². The van der Waals surface area contributed by atoms with Gasteiger partial charge >= 0.3 is 0 Å². The molecule has 2 heterocycles. The summed E-state index contributed by atoms with van der Waals surface area (Å²) in [6.07, 6.45) is -0.153. The molecule has 2 aromatic carbocycles. The number of benzene rings is 2. The molecule has 12 heteroatoms. The molecular formula is C23H18ClF2N5O3S. The minimum absolute atomic E-state index is 0.00482. The third-order valence-corrected chi connectivity index (χ3v) is 7.18. The fourth-order valence-corrected chi connectivity index (χ4v) is 4.97. The minimum Gasteiger partial charge on any atom is -0.322 e. The number of amides is 1. The molecule has 8 nitrogen and oxygen atoms in total. The van der Waals surface area contributed by atoms with Crippen molar-refractivity contribution in [3.63, 3.8) is 0 Å². The Morgan fingerprint density at radius 3 is 2.54 bits per heavy atom. The average molecular weight is 518 g/mol. The molecule has 0 unspecified atom stereocenters. The van der Waals surface area contributed by atoms with Crippen LogP contribution in [-0.4, -0.2) is 35.0 Å². The third-order valence-electron chi connectivity index (χ3n) is 5.41. The second-order valence-electron chi connectivity index (χ2n) is 8.05. The highest BCUT2D eigenvalue weighted by atomic mass is 35.5. The minimum atomic E-state index is -3.72. The standard InChI is InChI=1S/C23H18ClF2N5O3S/c24-14-6-4-13(5-7-14)19-11-20(21(25)26)31-22(29-19)18(12-27-31)23(32)28-16-2-1-3-17(10-16)35(33,34)30-15-8-9-15/h1-7,10-12,15,21,30H,8-9H2,(H,28,32). The van der Waals surface area contributed by atoms with Gasteiger partial charge in [-0.05, 0) is 49.2 Å². The fourth-order valence-electron chi connectivity index (χ4n) is 3.50. The number of alkyl halides is 2. The van der Waals surface area contributed by atoms with E-state index in [4.69, 9.17) is 11.6 Å². The molecule has 35 heavy (non-hydrogen) atoms. The maximum absolute atomic E-state index is 13.8. The molecule has 4 aromatic rings. The molecule has 1 fully saturated rings. The van der Waals surface area contributed by atoms with E-state index in [1.807, 2.05) is 0 Å². The van der Waals surface area contributed by atoms with Crippen LogP contribution in [-0.2, 0) is 10.0 Å². The smallest absolute Gasteiger partial charge is 0.280 e. The van der Waals surface area contributed by atoms with Gasteiger partial charge in [0.15, 0.2) is 5.65 Å². The van der Waals surface area contributed by atoms with Gasteiger partial charge in [0.2, 0.25) is 10.0 Å². The number of nitrogens with zero attached hydrogens (tertiary/aromatic N) is 3. The zero-order valence-electron chi connectivity index (χ0n) is 18.0. The summed E-state index contributed by atoms with van der Waals surface area (Å²) in [5.74, 6) is -0.675. The van der Waals surface area contributed by atoms with E-state index >= 15 is 0 Å². The van der Waals surface area contributed by atoms with Crippen molar-refractivity contribution in [2.45, 2.75) is 30.2 Å². The molecule has 0 atom stereocenters. The van der Waals surface area contributed by atoms with Crippen molar-refractivity contribution in [3.05, 3.63) is 77.1 Å². The Balaban J connectivity index is 1.49. The van der Waals surface area contributed by atoms with Gasteiger partial charge in [-0.15, -0.1) is 0 Å². The predicted octanol–water partition coefficient (Wildman–Crippen LogP) is 4.68. The lowest BCUT2D eigenvalue weighted by Gasteiger charge is -2.10. The summed E-state index contributed by atoms with van der Waals surface area (Å²) in [5.41, 5.74) is 0.427. The van der Waals surface area contributed by atoms with Crippen molar-refractivity contribution in [1.82, 2.24) is 19.3 Å². The molecule has 0 aliphatic heterocycles. The summed E-state index contributed by atoms with van der Waals surface area (Å²) >= 11 is 5.92. The Labute approximate surface area is 204 Å². The van der Waals surface area contributed by atoms with Crippen molar-refractivity contribution in [1.29, 1.82) is 0 Å². The summed E-state index contributed by atoms with van der Waals surface area (Å²) in [5, 5.41) is 7.01. The van der Waals surface area contributed by atoms with Crippen LogP contribution in [0.3, 0.4) is 0 Å². The van der Waals surface area contributed by atoms with Gasteiger partial charge in [-0.1, -0.05) is 29.8 Å². The number of hydrogen-bond acceptors (Lipinski definition) is 5. The van der Waals surface area contributed by atoms with Crippen LogP contribution in [0, 0.1) is 0 Å². The van der Waals surface area contributed by atoms with Gasteiger partial charge in [0.1, 0.15) is 11.3 Å². The van der Waals surface area contributed by atoms with Crippen LogP contribution in [0.4, 0.5) is 14.5 Å². The monoisotopic (exact) mass is 517 g/mol. The molecule has 0 saturated heterocycles. The lowest BCUT2D eigenvalue weighted by molar-refractivity contribution is 0.102. The molecule has 1 aliphatic carbocycles. The van der Waals surface area contributed by atoms with E-state index in [0.29, 0.717) is 10.6 Å². The zero-order chi connectivity index (χ0) is 24.7. The maximum Gasteiger partial charge on any atom is 0.280 e. The fraction of sp³-hybridized carbons (Fsp3) is 0.174. The average Bonchev–Trinajstić information content (AvgIpc) is 3.52. The third kappa shape index (κ3) is 4.88. The molecule has 180 valence electrons. The molecular weight excluding hydrogens is 500 g/mol. The number of halogens is 3. The van der Waals surface area contributed by atoms with Gasteiger partial charge in [-0.25, -0.2) is 31.4 Å². The number of fused-ring (bicyclic) bond motifs is 1. The molecule has 1 saturated carbocycles. The number of carbonyl (C=O) groups excluding carboxylic acids is 1.